The fraction of sp³-hybridized carbons (Fsp3) is 0.524. The summed E-state index contributed by atoms with van der Waals surface area (Å²) in [6.07, 6.45) is -2.40. The Hall–Kier alpha value is -5.72. The number of nitrogens with one attached hydrogen (secondary N) is 2. The Kier molecular flexibility index (Phi) is 10.2. The summed E-state index contributed by atoms with van der Waals surface area (Å²) in [5.41, 5.74) is 0.0366. The molecule has 6 aliphatic heterocycles. The van der Waals surface area contributed by atoms with Crippen LogP contribution < -0.4 is 20.4 Å². The lowest BCUT2D eigenvalue weighted by Crippen LogP contribution is -2.75. The molecule has 4 fully saturated rings. The predicted octanol–water partition coefficient (Wildman–Crippen LogP) is 4.03. The number of rotatable bonds is 5. The molecule has 2 aromatic carbocycles. The van der Waals surface area contributed by atoms with Crippen molar-refractivity contribution in [3.8, 4) is 17.0 Å². The number of fused-ring (bicyclic) bond motifs is 4. The molecule has 6 aliphatic rings. The highest BCUT2D eigenvalue weighted by atomic mass is 19.4. The second kappa shape index (κ2) is 15.3. The molecular weight excluding hydrogens is 801 g/mol. The number of halogens is 4. The fourth-order valence-electron chi connectivity index (χ4n) is 10.3. The van der Waals surface area contributed by atoms with E-state index >= 15 is 13.2 Å². The molecule has 324 valence electrons. The minimum Gasteiger partial charge on any atom is -0.504 e. The normalized spacial score (nSPS) is 26.2. The molecular formula is C42H48F4N10O5. The average Bonchev–Trinajstić information content (AvgIpc) is 3.55. The minimum absolute atomic E-state index is 0.00336. The van der Waals surface area contributed by atoms with E-state index in [0.717, 1.165) is 49.8 Å². The highest BCUT2D eigenvalue weighted by Crippen LogP contribution is 2.47. The number of phenolic OH excluding ortho intramolecular Hbond substituents is 1. The summed E-state index contributed by atoms with van der Waals surface area (Å²) in [5.74, 6) is -2.00. The number of piperazine rings is 2. The second-order valence-corrected chi connectivity index (χ2v) is 17.3. The Balaban J connectivity index is 0.813. The summed E-state index contributed by atoms with van der Waals surface area (Å²) < 4.78 is 60.1. The summed E-state index contributed by atoms with van der Waals surface area (Å²) in [5, 5.41) is 23.6. The van der Waals surface area contributed by atoms with Crippen LogP contribution in [0, 0.1) is 11.7 Å². The first-order valence-electron chi connectivity index (χ1n) is 20.9. The Labute approximate surface area is 349 Å². The van der Waals surface area contributed by atoms with Crippen LogP contribution >= 0.6 is 0 Å². The molecule has 3 aromatic rings. The van der Waals surface area contributed by atoms with Gasteiger partial charge in [0.15, 0.2) is 22.9 Å². The third-order valence-electron chi connectivity index (χ3n) is 13.5. The largest absolute Gasteiger partial charge is 0.504 e. The van der Waals surface area contributed by atoms with Crippen LogP contribution in [0.1, 0.15) is 55.5 Å². The molecule has 61 heavy (non-hydrogen) atoms. The summed E-state index contributed by atoms with van der Waals surface area (Å²) in [4.78, 5) is 62.2. The van der Waals surface area contributed by atoms with Crippen molar-refractivity contribution in [1.29, 1.82) is 0 Å². The second-order valence-electron chi connectivity index (χ2n) is 17.3. The molecule has 4 atom stereocenters. The molecule has 1 aromatic heterocycles. The topological polar surface area (TPSA) is 158 Å². The highest BCUT2D eigenvalue weighted by molar-refractivity contribution is 6.05. The van der Waals surface area contributed by atoms with Gasteiger partial charge in [0, 0.05) is 87.7 Å². The lowest BCUT2D eigenvalue weighted by Gasteiger charge is -2.55. The molecule has 0 aliphatic carbocycles. The number of piperidine rings is 2. The minimum atomic E-state index is -4.76. The molecule has 5 amide bonds. The molecule has 0 saturated carbocycles. The smallest absolute Gasteiger partial charge is 0.415 e. The fourth-order valence-corrected chi connectivity index (χ4v) is 10.3. The number of para-hydroxylation sites is 1. The van der Waals surface area contributed by atoms with Gasteiger partial charge < -0.3 is 34.9 Å². The number of anilines is 3. The zero-order chi connectivity index (χ0) is 43.0. The van der Waals surface area contributed by atoms with Crippen molar-refractivity contribution < 1.29 is 41.8 Å². The number of carbonyl (C=O) groups excluding carboxylic acids is 4. The van der Waals surface area contributed by atoms with Gasteiger partial charge in [0.05, 0.1) is 24.5 Å². The number of carbonyl (C=O) groups is 4. The number of benzene rings is 2. The number of hydrogen-bond donors (Lipinski definition) is 3. The molecule has 7 heterocycles. The summed E-state index contributed by atoms with van der Waals surface area (Å²) in [6, 6.07) is 9.49. The monoisotopic (exact) mass is 848 g/mol. The van der Waals surface area contributed by atoms with Gasteiger partial charge in [-0.2, -0.15) is 13.2 Å². The van der Waals surface area contributed by atoms with Crippen molar-refractivity contribution in [2.45, 2.75) is 75.9 Å². The Morgan fingerprint density at radius 2 is 1.70 bits per heavy atom. The molecule has 0 bridgehead atoms. The van der Waals surface area contributed by atoms with E-state index in [1.807, 2.05) is 32.0 Å². The zero-order valence-corrected chi connectivity index (χ0v) is 33.9. The third-order valence-corrected chi connectivity index (χ3v) is 13.5. The van der Waals surface area contributed by atoms with E-state index in [1.54, 1.807) is 9.80 Å². The molecule has 0 spiro atoms. The first kappa shape index (κ1) is 40.7. The number of phenols is 1. The van der Waals surface area contributed by atoms with E-state index in [9.17, 15) is 28.7 Å². The van der Waals surface area contributed by atoms with E-state index in [2.05, 4.69) is 30.6 Å². The van der Waals surface area contributed by atoms with Gasteiger partial charge in [-0.3, -0.25) is 24.6 Å². The lowest BCUT2D eigenvalue weighted by atomic mass is 9.89. The van der Waals surface area contributed by atoms with Crippen LogP contribution in [0.2, 0.25) is 0 Å². The maximum atomic E-state index is 15.3. The average molecular weight is 849 g/mol. The van der Waals surface area contributed by atoms with Gasteiger partial charge in [0.2, 0.25) is 11.8 Å². The predicted molar refractivity (Wildman–Crippen MR) is 215 cm³/mol. The van der Waals surface area contributed by atoms with Crippen molar-refractivity contribution in [2.24, 2.45) is 5.92 Å². The van der Waals surface area contributed by atoms with Crippen molar-refractivity contribution >= 4 is 40.9 Å². The Morgan fingerprint density at radius 3 is 2.43 bits per heavy atom. The molecule has 19 heteroatoms. The Bertz CT molecular complexity index is 2260. The van der Waals surface area contributed by atoms with Gasteiger partial charge in [-0.25, -0.2) is 9.18 Å². The van der Waals surface area contributed by atoms with Crippen LogP contribution in [-0.2, 0) is 16.1 Å². The van der Waals surface area contributed by atoms with E-state index in [4.69, 9.17) is 0 Å². The molecule has 3 N–H and O–H groups in total. The maximum absolute atomic E-state index is 15.3. The summed E-state index contributed by atoms with van der Waals surface area (Å²) in [7, 11) is 0. The molecule has 1 unspecified atom stereocenters. The standard InChI is InChI=1S/C42H48F4N10O5/c1-24-18-51(20-26-10-12-52(13-11-26)28-7-6-27-21-54(39(60)30(27)16-28)33-8-9-35(57)48-38(33)59)19-25(2)56(24)40(61)53-14-15-55-34-17-32(29-4-3-5-31(43)36(29)58)49-50-37(34)47-22-41(55,23-53)42(44,45)46/h3-7,16-17,24-26,33,58H,8-15,18-23H2,1-2H3,(H,47,50)(H,48,57,59)/t24-,25+,33-,41?/m0/s1. The van der Waals surface area contributed by atoms with Gasteiger partial charge in [-0.15, -0.1) is 10.2 Å². The quantitative estimate of drug-likeness (QED) is 0.252. The van der Waals surface area contributed by atoms with Crippen LogP contribution in [0.25, 0.3) is 11.3 Å². The summed E-state index contributed by atoms with van der Waals surface area (Å²) in [6.45, 7) is 6.53. The van der Waals surface area contributed by atoms with E-state index in [0.29, 0.717) is 37.5 Å². The van der Waals surface area contributed by atoms with Crippen LogP contribution in [0.15, 0.2) is 42.5 Å². The van der Waals surface area contributed by atoms with Gasteiger partial charge in [0.1, 0.15) is 6.04 Å². The highest BCUT2D eigenvalue weighted by Gasteiger charge is 2.63. The van der Waals surface area contributed by atoms with E-state index in [1.165, 1.54) is 28.0 Å². The zero-order valence-electron chi connectivity index (χ0n) is 33.9. The van der Waals surface area contributed by atoms with E-state index in [-0.39, 0.29) is 66.2 Å². The Morgan fingerprint density at radius 1 is 0.951 bits per heavy atom. The van der Waals surface area contributed by atoms with Crippen LogP contribution in [0.4, 0.5) is 39.5 Å². The van der Waals surface area contributed by atoms with Crippen LogP contribution in [0.5, 0.6) is 5.75 Å². The lowest BCUT2D eigenvalue weighted by molar-refractivity contribution is -0.191. The van der Waals surface area contributed by atoms with Gasteiger partial charge in [-0.1, -0.05) is 12.1 Å². The number of hydrogen-bond acceptors (Lipinski definition) is 11. The SMILES string of the molecule is C[C@@H]1CN(CC2CCN(c3ccc4c(c3)C(=O)N([C@H]3CCC(=O)NC3=O)C4)CC2)C[C@H](C)N1C(=O)N1CCN2c3cc(-c4cccc(F)c4O)nnc3NCC2(C(F)(F)F)C1. The first-order chi connectivity index (χ1) is 29.1. The number of imide groups is 1. The van der Waals surface area contributed by atoms with Gasteiger partial charge >= 0.3 is 12.2 Å². The summed E-state index contributed by atoms with van der Waals surface area (Å²) >= 11 is 0. The number of alkyl halides is 3. The van der Waals surface area contributed by atoms with Crippen LogP contribution in [0.3, 0.4) is 0 Å². The van der Waals surface area contributed by atoms with E-state index < -0.39 is 54.4 Å². The number of amides is 5. The van der Waals surface area contributed by atoms with Gasteiger partial charge in [-0.05, 0) is 74.9 Å². The molecule has 0 radical (unpaired) electrons. The maximum Gasteiger partial charge on any atom is 0.415 e. The molecule has 9 rings (SSSR count). The van der Waals surface area contributed by atoms with Crippen molar-refractivity contribution in [1.82, 2.24) is 35.1 Å². The van der Waals surface area contributed by atoms with Crippen molar-refractivity contribution in [3.05, 3.63) is 59.4 Å². The molecule has 4 saturated heterocycles. The van der Waals surface area contributed by atoms with Crippen molar-refractivity contribution in [2.75, 3.05) is 74.0 Å². The van der Waals surface area contributed by atoms with Crippen LogP contribution in [-0.4, -0.2) is 147 Å². The number of nitrogens with zero attached hydrogens (tertiary/aromatic N) is 8. The number of urea groups is 1. The first-order valence-corrected chi connectivity index (χ1v) is 20.9. The number of aromatic nitrogens is 2. The van der Waals surface area contributed by atoms with Gasteiger partial charge in [0.25, 0.3) is 5.91 Å². The van der Waals surface area contributed by atoms with Crippen molar-refractivity contribution in [3.63, 3.8) is 0 Å². The molecule has 15 nitrogen and oxygen atoms in total. The number of aromatic hydroxyl groups is 1. The third kappa shape index (κ3) is 7.13.